The Hall–Kier alpha value is -3.16. The monoisotopic (exact) mass is 429 g/mol. The average Bonchev–Trinajstić information content (AvgIpc) is 2.71. The summed E-state index contributed by atoms with van der Waals surface area (Å²) in [6, 6.07) is 5.46. The average molecular weight is 429 g/mol. The first kappa shape index (κ1) is 21.1. The molecule has 2 heterocycles. The Kier molecular flexibility index (Phi) is 5.11. The number of fused-ring (bicyclic) bond motifs is 1. The number of alkyl halides is 1. The largest absolute Gasteiger partial charge is 0.364 e. The lowest BCUT2D eigenvalue weighted by molar-refractivity contribution is 0.0996. The number of primary amides is 1. The second-order valence-corrected chi connectivity index (χ2v) is 8.48. The first-order chi connectivity index (χ1) is 14.6. The molecule has 1 saturated carbocycles. The van der Waals surface area contributed by atoms with Crippen LogP contribution in [0.5, 0.6) is 0 Å². The Bertz CT molecular complexity index is 1250. The second-order valence-electron chi connectivity index (χ2n) is 8.48. The molecule has 5 nitrogen and oxygen atoms in total. The molecule has 31 heavy (non-hydrogen) atoms. The van der Waals surface area contributed by atoms with E-state index in [0.29, 0.717) is 23.2 Å². The molecule has 0 aliphatic heterocycles. The Morgan fingerprint density at radius 3 is 2.71 bits per heavy atom. The topological polar surface area (TPSA) is 88.8 Å². The Morgan fingerprint density at radius 1 is 1.26 bits per heavy atom. The van der Waals surface area contributed by atoms with E-state index in [4.69, 9.17) is 5.73 Å². The summed E-state index contributed by atoms with van der Waals surface area (Å²) in [5.74, 6) is -3.52. The SMILES string of the molecule is Cc1c(C2C[C@](C)(F)CC[C@@H]2c2cc(=O)c3c(C(N)=O)nccc3[nH]2)ccc(F)c1F. The second kappa shape index (κ2) is 7.51. The van der Waals surface area contributed by atoms with E-state index >= 15 is 0 Å². The lowest BCUT2D eigenvalue weighted by atomic mass is 9.68. The number of amides is 1. The third-order valence-corrected chi connectivity index (χ3v) is 6.28. The van der Waals surface area contributed by atoms with Crippen molar-refractivity contribution in [3.8, 4) is 0 Å². The van der Waals surface area contributed by atoms with Crippen molar-refractivity contribution in [2.24, 2.45) is 5.73 Å². The van der Waals surface area contributed by atoms with Crippen molar-refractivity contribution in [2.45, 2.75) is 50.6 Å². The zero-order valence-electron chi connectivity index (χ0n) is 17.1. The van der Waals surface area contributed by atoms with Crippen molar-refractivity contribution in [1.29, 1.82) is 0 Å². The first-order valence-corrected chi connectivity index (χ1v) is 10.0. The van der Waals surface area contributed by atoms with E-state index in [1.165, 1.54) is 32.2 Å². The number of hydrogen-bond donors (Lipinski definition) is 2. The molecule has 0 saturated heterocycles. The van der Waals surface area contributed by atoms with Crippen LogP contribution >= 0.6 is 0 Å². The van der Waals surface area contributed by atoms with Crippen molar-refractivity contribution in [3.63, 3.8) is 0 Å². The predicted octanol–water partition coefficient (Wildman–Crippen LogP) is 4.39. The van der Waals surface area contributed by atoms with E-state index in [2.05, 4.69) is 9.97 Å². The van der Waals surface area contributed by atoms with Crippen molar-refractivity contribution >= 4 is 16.8 Å². The molecule has 0 spiro atoms. The van der Waals surface area contributed by atoms with Crippen LogP contribution in [0.4, 0.5) is 13.2 Å². The van der Waals surface area contributed by atoms with Gasteiger partial charge in [-0.3, -0.25) is 14.6 Å². The summed E-state index contributed by atoms with van der Waals surface area (Å²) < 4.78 is 43.0. The smallest absolute Gasteiger partial charge is 0.268 e. The van der Waals surface area contributed by atoms with E-state index in [-0.39, 0.29) is 35.4 Å². The van der Waals surface area contributed by atoms with Gasteiger partial charge in [-0.2, -0.15) is 0 Å². The van der Waals surface area contributed by atoms with Crippen molar-refractivity contribution < 1.29 is 18.0 Å². The molecule has 3 aromatic rings. The number of carbonyl (C=O) groups excluding carboxylic acids is 1. The maximum absolute atomic E-state index is 15.0. The highest BCUT2D eigenvalue weighted by Gasteiger charge is 2.40. The fourth-order valence-electron chi connectivity index (χ4n) is 4.74. The van der Waals surface area contributed by atoms with Gasteiger partial charge in [0, 0.05) is 23.9 Å². The number of nitrogens with one attached hydrogen (secondary N) is 1. The number of nitrogens with two attached hydrogens (primary N) is 1. The molecule has 2 aromatic heterocycles. The van der Waals surface area contributed by atoms with E-state index in [1.54, 1.807) is 6.07 Å². The third-order valence-electron chi connectivity index (χ3n) is 6.28. The highest BCUT2D eigenvalue weighted by molar-refractivity contribution is 6.03. The number of hydrogen-bond acceptors (Lipinski definition) is 3. The van der Waals surface area contributed by atoms with E-state index in [0.717, 1.165) is 6.07 Å². The number of aromatic nitrogens is 2. The first-order valence-electron chi connectivity index (χ1n) is 10.0. The van der Waals surface area contributed by atoms with Gasteiger partial charge in [0.05, 0.1) is 10.9 Å². The summed E-state index contributed by atoms with van der Waals surface area (Å²) in [4.78, 5) is 31.6. The minimum Gasteiger partial charge on any atom is -0.364 e. The van der Waals surface area contributed by atoms with Crippen molar-refractivity contribution in [3.05, 3.63) is 74.8 Å². The van der Waals surface area contributed by atoms with Gasteiger partial charge in [0.15, 0.2) is 17.1 Å². The van der Waals surface area contributed by atoms with Crippen LogP contribution in [-0.2, 0) is 0 Å². The van der Waals surface area contributed by atoms with Crippen LogP contribution < -0.4 is 11.2 Å². The van der Waals surface area contributed by atoms with Crippen LogP contribution in [0.25, 0.3) is 10.9 Å². The Balaban J connectivity index is 1.87. The summed E-state index contributed by atoms with van der Waals surface area (Å²) in [5, 5.41) is 0.0884. The molecule has 1 aliphatic rings. The molecule has 1 aromatic carbocycles. The van der Waals surface area contributed by atoms with Crippen molar-refractivity contribution in [2.75, 3.05) is 0 Å². The number of H-pyrrole nitrogens is 1. The minimum atomic E-state index is -1.47. The molecule has 0 bridgehead atoms. The molecule has 4 rings (SSSR count). The van der Waals surface area contributed by atoms with Crippen molar-refractivity contribution in [1.82, 2.24) is 9.97 Å². The van der Waals surface area contributed by atoms with Gasteiger partial charge in [-0.05, 0) is 62.3 Å². The predicted molar refractivity (Wildman–Crippen MR) is 111 cm³/mol. The third kappa shape index (κ3) is 3.71. The standard InChI is InChI=1S/C23H22F3N3O2/c1-11-12(3-4-15(24)20(11)25)14-10-23(2,26)7-5-13(14)17-9-18(30)19-16(29-17)6-8-28-21(19)22(27)31/h3-4,6,8-9,13-14H,5,7,10H2,1-2H3,(H2,27,31)(H,29,30)/t13-,14?,23+/m0/s1. The van der Waals surface area contributed by atoms with Gasteiger partial charge in [-0.25, -0.2) is 13.2 Å². The lowest BCUT2D eigenvalue weighted by Crippen LogP contribution is -2.32. The van der Waals surface area contributed by atoms with Crippen LogP contribution in [0.2, 0.25) is 0 Å². The number of rotatable bonds is 3. The van der Waals surface area contributed by atoms with Crippen LogP contribution in [0.1, 0.15) is 65.3 Å². The Morgan fingerprint density at radius 2 is 2.00 bits per heavy atom. The molecule has 3 atom stereocenters. The molecular formula is C23H22F3N3O2. The summed E-state index contributed by atoms with van der Waals surface area (Å²) in [7, 11) is 0. The summed E-state index contributed by atoms with van der Waals surface area (Å²) in [6.45, 7) is 2.97. The van der Waals surface area contributed by atoms with Gasteiger partial charge in [-0.15, -0.1) is 0 Å². The van der Waals surface area contributed by atoms with Crippen LogP contribution in [0.15, 0.2) is 35.3 Å². The summed E-state index contributed by atoms with van der Waals surface area (Å²) in [6.07, 6.45) is 2.15. The van der Waals surface area contributed by atoms with E-state index < -0.39 is 34.6 Å². The van der Waals surface area contributed by atoms with Gasteiger partial charge in [0.2, 0.25) is 0 Å². The van der Waals surface area contributed by atoms with Gasteiger partial charge < -0.3 is 10.7 Å². The number of pyridine rings is 2. The fraction of sp³-hybridized carbons (Fsp3) is 0.348. The summed E-state index contributed by atoms with van der Waals surface area (Å²) in [5.41, 5.74) is 4.89. The highest BCUT2D eigenvalue weighted by atomic mass is 19.2. The number of halogens is 3. The van der Waals surface area contributed by atoms with E-state index in [1.807, 2.05) is 0 Å². The Labute approximate surface area is 176 Å². The molecule has 1 amide bonds. The maximum Gasteiger partial charge on any atom is 0.268 e. The number of benzene rings is 1. The van der Waals surface area contributed by atoms with Crippen LogP contribution in [0.3, 0.4) is 0 Å². The minimum absolute atomic E-state index is 0.0884. The van der Waals surface area contributed by atoms with Crippen LogP contribution in [-0.4, -0.2) is 21.5 Å². The van der Waals surface area contributed by atoms with Crippen LogP contribution in [0, 0.1) is 18.6 Å². The fourth-order valence-corrected chi connectivity index (χ4v) is 4.74. The molecular weight excluding hydrogens is 407 g/mol. The quantitative estimate of drug-likeness (QED) is 0.647. The number of carbonyl (C=O) groups is 1. The maximum atomic E-state index is 15.0. The zero-order valence-corrected chi connectivity index (χ0v) is 17.1. The molecule has 1 fully saturated rings. The molecule has 8 heteroatoms. The molecule has 1 aliphatic carbocycles. The molecule has 1 unspecified atom stereocenters. The van der Waals surface area contributed by atoms with E-state index in [9.17, 15) is 22.8 Å². The molecule has 0 radical (unpaired) electrons. The lowest BCUT2D eigenvalue weighted by Gasteiger charge is -2.39. The number of nitrogens with zero attached hydrogens (tertiary/aromatic N) is 1. The highest BCUT2D eigenvalue weighted by Crippen LogP contribution is 2.49. The van der Waals surface area contributed by atoms with Gasteiger partial charge in [0.25, 0.3) is 5.91 Å². The normalized spacial score (nSPS) is 23.8. The van der Waals surface area contributed by atoms with Gasteiger partial charge >= 0.3 is 0 Å². The molecule has 162 valence electrons. The van der Waals surface area contributed by atoms with Gasteiger partial charge in [-0.1, -0.05) is 6.07 Å². The number of aromatic amines is 1. The zero-order chi connectivity index (χ0) is 22.5. The molecule has 3 N–H and O–H groups in total. The summed E-state index contributed by atoms with van der Waals surface area (Å²) >= 11 is 0. The van der Waals surface area contributed by atoms with Gasteiger partial charge in [0.1, 0.15) is 11.4 Å².